The molecule has 0 radical (unpaired) electrons. The fourth-order valence-electron chi connectivity index (χ4n) is 2.78. The molecule has 0 bridgehead atoms. The van der Waals surface area contributed by atoms with Crippen molar-refractivity contribution in [3.8, 4) is 10.4 Å². The molecule has 2 aromatic carbocycles. The summed E-state index contributed by atoms with van der Waals surface area (Å²) in [6.07, 6.45) is 0. The van der Waals surface area contributed by atoms with Crippen LogP contribution < -0.4 is 10.6 Å². The van der Waals surface area contributed by atoms with Gasteiger partial charge in [-0.15, -0.1) is 11.3 Å². The van der Waals surface area contributed by atoms with Gasteiger partial charge in [0, 0.05) is 16.4 Å². The minimum atomic E-state index is -1.23. The molecular formula is C22H18Cl2N2O5S. The van der Waals surface area contributed by atoms with E-state index in [1.807, 2.05) is 36.4 Å². The summed E-state index contributed by atoms with van der Waals surface area (Å²) in [5.41, 5.74) is 1.86. The highest BCUT2D eigenvalue weighted by Gasteiger charge is 2.14. The Morgan fingerprint density at radius 1 is 0.969 bits per heavy atom. The first-order valence-corrected chi connectivity index (χ1v) is 10.9. The molecule has 0 saturated heterocycles. The third kappa shape index (κ3) is 6.80. The highest BCUT2D eigenvalue weighted by atomic mass is 35.5. The molecule has 7 nitrogen and oxygen atoms in total. The number of anilines is 1. The maximum Gasteiger partial charge on any atom is 0.337 e. The molecule has 0 saturated carbocycles. The van der Waals surface area contributed by atoms with Crippen molar-refractivity contribution in [2.75, 3.05) is 18.5 Å². The van der Waals surface area contributed by atoms with Gasteiger partial charge in [-0.3, -0.25) is 9.59 Å². The van der Waals surface area contributed by atoms with E-state index in [0.29, 0.717) is 10.9 Å². The van der Waals surface area contributed by atoms with Crippen molar-refractivity contribution in [2.24, 2.45) is 0 Å². The van der Waals surface area contributed by atoms with Gasteiger partial charge in [0.2, 0.25) is 11.8 Å². The van der Waals surface area contributed by atoms with E-state index in [1.54, 1.807) is 0 Å². The summed E-state index contributed by atoms with van der Waals surface area (Å²) in [5, 5.41) is 14.6. The molecule has 1 heterocycles. The van der Waals surface area contributed by atoms with Gasteiger partial charge in [-0.2, -0.15) is 0 Å². The zero-order valence-electron chi connectivity index (χ0n) is 16.6. The van der Waals surface area contributed by atoms with Gasteiger partial charge in [0.15, 0.2) is 0 Å². The van der Waals surface area contributed by atoms with Crippen molar-refractivity contribution in [3.63, 3.8) is 0 Å². The maximum atomic E-state index is 12.0. The van der Waals surface area contributed by atoms with E-state index in [1.165, 1.54) is 29.5 Å². The largest absolute Gasteiger partial charge is 0.478 e. The van der Waals surface area contributed by atoms with Crippen LogP contribution in [-0.4, -0.2) is 36.1 Å². The number of hydrogen-bond acceptors (Lipinski definition) is 5. The Balaban J connectivity index is 1.44. The van der Waals surface area contributed by atoms with Gasteiger partial charge in [-0.1, -0.05) is 41.4 Å². The lowest BCUT2D eigenvalue weighted by molar-refractivity contribution is -0.128. The summed E-state index contributed by atoms with van der Waals surface area (Å²) in [6, 6.07) is 15.6. The van der Waals surface area contributed by atoms with Crippen LogP contribution >= 0.6 is 34.5 Å². The molecule has 0 fully saturated rings. The fourth-order valence-corrected chi connectivity index (χ4v) is 3.99. The number of hydrogen-bond donors (Lipinski definition) is 3. The van der Waals surface area contributed by atoms with Crippen LogP contribution in [0.1, 0.15) is 15.9 Å². The number of halogens is 2. The average molecular weight is 493 g/mol. The normalized spacial score (nSPS) is 10.6. The van der Waals surface area contributed by atoms with Crippen LogP contribution in [-0.2, 0) is 20.9 Å². The smallest absolute Gasteiger partial charge is 0.337 e. The zero-order valence-corrected chi connectivity index (χ0v) is 18.9. The first-order valence-electron chi connectivity index (χ1n) is 9.33. The number of carbonyl (C=O) groups is 3. The Kier molecular flexibility index (Phi) is 8.24. The van der Waals surface area contributed by atoms with Crippen molar-refractivity contribution in [2.45, 2.75) is 6.54 Å². The van der Waals surface area contributed by atoms with Gasteiger partial charge in [0.05, 0.1) is 15.6 Å². The number of carbonyl (C=O) groups excluding carboxylic acids is 2. The lowest BCUT2D eigenvalue weighted by atomic mass is 10.1. The molecule has 1 aromatic heterocycles. The summed E-state index contributed by atoms with van der Waals surface area (Å²) in [4.78, 5) is 36.3. The number of amides is 2. The molecule has 0 spiro atoms. The van der Waals surface area contributed by atoms with E-state index in [0.717, 1.165) is 16.0 Å². The van der Waals surface area contributed by atoms with E-state index < -0.39 is 18.5 Å². The topological polar surface area (TPSA) is 105 Å². The Bertz CT molecular complexity index is 1150. The van der Waals surface area contributed by atoms with E-state index in [2.05, 4.69) is 10.6 Å². The fraction of sp³-hybridized carbons (Fsp3) is 0.136. The number of ether oxygens (including phenoxy) is 1. The number of rotatable bonds is 9. The Morgan fingerprint density at radius 2 is 1.75 bits per heavy atom. The van der Waals surface area contributed by atoms with E-state index >= 15 is 0 Å². The average Bonchev–Trinajstić information content (AvgIpc) is 3.20. The molecule has 3 N–H and O–H groups in total. The first-order chi connectivity index (χ1) is 15.3. The Hall–Kier alpha value is -2.91. The van der Waals surface area contributed by atoms with Crippen LogP contribution in [0.3, 0.4) is 0 Å². The van der Waals surface area contributed by atoms with Crippen LogP contribution in [0.5, 0.6) is 0 Å². The van der Waals surface area contributed by atoms with Crippen molar-refractivity contribution < 1.29 is 24.2 Å². The van der Waals surface area contributed by atoms with Crippen LogP contribution in [0.2, 0.25) is 9.36 Å². The Morgan fingerprint density at radius 3 is 2.47 bits per heavy atom. The number of benzene rings is 2. The molecule has 2 amide bonds. The van der Waals surface area contributed by atoms with Crippen molar-refractivity contribution in [3.05, 3.63) is 75.1 Å². The second-order valence-electron chi connectivity index (χ2n) is 6.62. The molecule has 0 aliphatic rings. The predicted molar refractivity (Wildman–Crippen MR) is 124 cm³/mol. The molecule has 0 aliphatic carbocycles. The van der Waals surface area contributed by atoms with Gasteiger partial charge in [-0.05, 0) is 47.5 Å². The molecule has 10 heteroatoms. The van der Waals surface area contributed by atoms with Gasteiger partial charge in [-0.25, -0.2) is 4.79 Å². The van der Waals surface area contributed by atoms with Crippen LogP contribution in [0.25, 0.3) is 10.4 Å². The van der Waals surface area contributed by atoms with Gasteiger partial charge >= 0.3 is 5.97 Å². The summed E-state index contributed by atoms with van der Waals surface area (Å²) in [6.45, 7) is -0.433. The molecule has 0 aliphatic heterocycles. The molecule has 166 valence electrons. The van der Waals surface area contributed by atoms with Crippen molar-refractivity contribution in [1.29, 1.82) is 0 Å². The van der Waals surface area contributed by atoms with Crippen molar-refractivity contribution in [1.82, 2.24) is 5.32 Å². The lowest BCUT2D eigenvalue weighted by Crippen LogP contribution is -2.29. The minimum absolute atomic E-state index is 0.0897. The molecule has 3 aromatic rings. The monoisotopic (exact) mass is 492 g/mol. The second-order valence-corrected chi connectivity index (χ2v) is 8.77. The summed E-state index contributed by atoms with van der Waals surface area (Å²) in [5.74, 6) is -2.21. The third-order valence-electron chi connectivity index (χ3n) is 4.23. The number of thiophene rings is 1. The summed E-state index contributed by atoms with van der Waals surface area (Å²) < 4.78 is 5.83. The molecule has 0 unspecified atom stereocenters. The molecule has 32 heavy (non-hydrogen) atoms. The molecule has 0 atom stereocenters. The maximum absolute atomic E-state index is 12.0. The molecular weight excluding hydrogens is 475 g/mol. The van der Waals surface area contributed by atoms with Gasteiger partial charge in [0.1, 0.15) is 13.2 Å². The van der Waals surface area contributed by atoms with Crippen LogP contribution in [0.4, 0.5) is 5.69 Å². The predicted octanol–water partition coefficient (Wildman–Crippen LogP) is 4.69. The summed E-state index contributed by atoms with van der Waals surface area (Å²) in [7, 11) is 0. The Labute approximate surface area is 197 Å². The van der Waals surface area contributed by atoms with Gasteiger partial charge < -0.3 is 20.5 Å². The van der Waals surface area contributed by atoms with Crippen molar-refractivity contribution >= 4 is 58.0 Å². The summed E-state index contributed by atoms with van der Waals surface area (Å²) >= 11 is 13.2. The van der Waals surface area contributed by atoms with E-state index in [-0.39, 0.29) is 28.8 Å². The van der Waals surface area contributed by atoms with Crippen LogP contribution in [0, 0.1) is 0 Å². The lowest BCUT2D eigenvalue weighted by Gasteiger charge is -2.10. The number of aromatic carboxylic acids is 1. The third-order valence-corrected chi connectivity index (χ3v) is 5.74. The number of carboxylic acid groups (broad SMARTS) is 1. The highest BCUT2D eigenvalue weighted by Crippen LogP contribution is 2.31. The minimum Gasteiger partial charge on any atom is -0.478 e. The number of carboxylic acids is 1. The first kappa shape index (κ1) is 23.7. The van der Waals surface area contributed by atoms with E-state index in [9.17, 15) is 19.5 Å². The standard InChI is InChI=1S/C22H18Cl2N2O5S/c23-15-4-5-17(16(9-15)22(29)30)26-21(28)12-31-11-20(27)25-10-13-2-1-3-14(8-13)18-6-7-19(24)32-18/h1-9H,10-12H2,(H,25,27)(H,26,28)(H,29,30). The second kappa shape index (κ2) is 11.1. The SMILES string of the molecule is O=C(COCC(=O)Nc1ccc(Cl)cc1C(=O)O)NCc1cccc(-c2ccc(Cl)s2)c1. The van der Waals surface area contributed by atoms with E-state index in [4.69, 9.17) is 27.9 Å². The quantitative estimate of drug-likeness (QED) is 0.401. The van der Waals surface area contributed by atoms with Gasteiger partial charge in [0.25, 0.3) is 0 Å². The van der Waals surface area contributed by atoms with Crippen LogP contribution in [0.15, 0.2) is 54.6 Å². The number of nitrogens with one attached hydrogen (secondary N) is 2. The zero-order chi connectivity index (χ0) is 23.1. The highest BCUT2D eigenvalue weighted by molar-refractivity contribution is 7.19. The molecule has 3 rings (SSSR count).